The van der Waals surface area contributed by atoms with Crippen molar-refractivity contribution in [3.05, 3.63) is 96.2 Å². The molecule has 2 fully saturated rings. The van der Waals surface area contributed by atoms with Crippen molar-refractivity contribution in [2.75, 3.05) is 32.1 Å². The Morgan fingerprint density at radius 2 is 1.72 bits per heavy atom. The number of methoxy groups -OCH3 is 1. The van der Waals surface area contributed by atoms with Crippen LogP contribution in [0.3, 0.4) is 0 Å². The topological polar surface area (TPSA) is 135 Å². The van der Waals surface area contributed by atoms with Crippen molar-refractivity contribution >= 4 is 51.6 Å². The monoisotopic (exact) mass is 776 g/mol. The van der Waals surface area contributed by atoms with E-state index >= 15 is 0 Å². The lowest BCUT2D eigenvalue weighted by Crippen LogP contribution is -2.59. The number of ether oxygens (including phenoxy) is 1. The molecule has 5 aromatic rings. The Hall–Kier alpha value is -5.05. The number of carbonyl (C=O) groups excluding carboxylic acids is 1. The number of hydrogen-bond acceptors (Lipinski definition) is 8. The van der Waals surface area contributed by atoms with Crippen LogP contribution < -0.4 is 31.9 Å². The summed E-state index contributed by atoms with van der Waals surface area (Å²) in [6, 6.07) is 13.7. The molecule has 2 aliphatic heterocycles. The number of hydrogen-bond donors (Lipinski definition) is 3. The average molecular weight is 778 g/mol. The molecule has 3 aliphatic rings. The first-order valence-corrected chi connectivity index (χ1v) is 18.3. The van der Waals surface area contributed by atoms with E-state index in [0.717, 1.165) is 65.1 Å². The highest BCUT2D eigenvalue weighted by molar-refractivity contribution is 6.39. The number of amides is 2. The second-order valence-electron chi connectivity index (χ2n) is 14.0. The number of aryl methyl sites for hydroxylation is 2. The van der Waals surface area contributed by atoms with Crippen LogP contribution in [0.15, 0.2) is 58.1 Å². The minimum Gasteiger partial charge on any atom is -0.481 e. The minimum atomic E-state index is -2.97. The zero-order chi connectivity index (χ0) is 38.1. The molecule has 0 radical (unpaired) electrons. The summed E-state index contributed by atoms with van der Waals surface area (Å²) in [5.41, 5.74) is 2.67. The van der Waals surface area contributed by atoms with Gasteiger partial charge in [-0.1, -0.05) is 53.5 Å². The van der Waals surface area contributed by atoms with Gasteiger partial charge in [-0.15, -0.1) is 0 Å². The normalized spacial score (nSPS) is 19.7. The van der Waals surface area contributed by atoms with Gasteiger partial charge < -0.3 is 20.7 Å². The number of benzene rings is 2. The van der Waals surface area contributed by atoms with E-state index in [1.54, 1.807) is 25.3 Å². The molecule has 8 rings (SSSR count). The van der Waals surface area contributed by atoms with Crippen molar-refractivity contribution in [1.82, 2.24) is 34.6 Å². The number of likely N-dealkylation sites (tertiary alicyclic amines) is 1. The predicted octanol–water partition coefficient (Wildman–Crippen LogP) is 6.49. The highest BCUT2D eigenvalue weighted by Gasteiger charge is 2.45. The summed E-state index contributed by atoms with van der Waals surface area (Å²) in [5.74, 6) is 0.357. The highest BCUT2D eigenvalue weighted by Crippen LogP contribution is 2.47. The number of aromatic nitrogens is 4. The third-order valence-electron chi connectivity index (χ3n) is 10.9. The first kappa shape index (κ1) is 36.0. The Morgan fingerprint density at radius 1 is 0.981 bits per heavy atom. The number of alkyl halides is 2. The van der Waals surface area contributed by atoms with Crippen LogP contribution in [0.5, 0.6) is 5.88 Å². The standard InChI is InChI=1S/C38H36Cl2F2N8O4/c1-48-27-17-25(32(41)42)45-33(29(27)35(51)49(2)37(48)53)44-23-9-5-7-21(31(23)40)20-6-4-8-22(30(20)39)24-16-19-10-11-26(28(19)34(46-24)54-3)50-15-13-38(18-50)12-14-43-36(52)47-38/h4-9,16-17,26,32H,10-15,18H2,1-3H3,(H,44,45)(H2,43,47,52)/t26-,38-/m1/s1. The largest absolute Gasteiger partial charge is 0.481 e. The van der Waals surface area contributed by atoms with E-state index in [9.17, 15) is 23.2 Å². The van der Waals surface area contributed by atoms with Gasteiger partial charge in [0, 0.05) is 62.0 Å². The summed E-state index contributed by atoms with van der Waals surface area (Å²) in [7, 11) is 4.32. The van der Waals surface area contributed by atoms with Crippen molar-refractivity contribution < 1.29 is 18.3 Å². The van der Waals surface area contributed by atoms with Gasteiger partial charge in [0.25, 0.3) is 12.0 Å². The van der Waals surface area contributed by atoms with E-state index in [1.165, 1.54) is 14.1 Å². The van der Waals surface area contributed by atoms with Crippen molar-refractivity contribution in [1.29, 1.82) is 0 Å². The number of pyridine rings is 2. The molecule has 3 N–H and O–H groups in total. The van der Waals surface area contributed by atoms with Crippen LogP contribution in [0.25, 0.3) is 33.3 Å². The van der Waals surface area contributed by atoms with Crippen LogP contribution >= 0.6 is 23.2 Å². The summed E-state index contributed by atoms with van der Waals surface area (Å²) in [6.07, 6.45) is 0.520. The van der Waals surface area contributed by atoms with Crippen LogP contribution in [-0.2, 0) is 20.5 Å². The Kier molecular flexibility index (Phi) is 9.10. The van der Waals surface area contributed by atoms with E-state index in [4.69, 9.17) is 32.9 Å². The van der Waals surface area contributed by atoms with Gasteiger partial charge in [-0.3, -0.25) is 18.8 Å². The van der Waals surface area contributed by atoms with Gasteiger partial charge in [0.05, 0.1) is 39.6 Å². The number of halogens is 4. The number of urea groups is 1. The van der Waals surface area contributed by atoms with Gasteiger partial charge >= 0.3 is 11.7 Å². The average Bonchev–Trinajstić information content (AvgIpc) is 3.77. The van der Waals surface area contributed by atoms with E-state index in [0.29, 0.717) is 39.8 Å². The first-order chi connectivity index (χ1) is 25.9. The lowest BCUT2D eigenvalue weighted by molar-refractivity contribution is 0.146. The van der Waals surface area contributed by atoms with Crippen LogP contribution in [0, 0.1) is 0 Å². The van der Waals surface area contributed by atoms with Crippen molar-refractivity contribution in [3.8, 4) is 28.3 Å². The van der Waals surface area contributed by atoms with Crippen molar-refractivity contribution in [2.24, 2.45) is 14.1 Å². The molecular formula is C38H36Cl2F2N8O4. The third kappa shape index (κ3) is 5.96. The molecule has 2 amide bonds. The number of anilines is 2. The Bertz CT molecular complexity index is 2490. The molecule has 16 heteroatoms. The molecule has 12 nitrogen and oxygen atoms in total. The summed E-state index contributed by atoms with van der Waals surface area (Å²) in [6.45, 7) is 2.28. The van der Waals surface area contributed by atoms with E-state index < -0.39 is 23.4 Å². The maximum absolute atomic E-state index is 14.0. The summed E-state index contributed by atoms with van der Waals surface area (Å²) in [4.78, 5) is 49.5. The lowest BCUT2D eigenvalue weighted by Gasteiger charge is -2.36. The first-order valence-electron chi connectivity index (χ1n) is 17.5. The predicted molar refractivity (Wildman–Crippen MR) is 203 cm³/mol. The Labute approximate surface area is 318 Å². The Balaban J connectivity index is 1.14. The molecule has 0 saturated carbocycles. The summed E-state index contributed by atoms with van der Waals surface area (Å²) < 4.78 is 35.9. The number of rotatable bonds is 7. The number of nitrogens with zero attached hydrogens (tertiary/aromatic N) is 5. The van der Waals surface area contributed by atoms with Gasteiger partial charge in [-0.2, -0.15) is 0 Å². The number of nitrogens with one attached hydrogen (secondary N) is 3. The fourth-order valence-corrected chi connectivity index (χ4v) is 8.79. The SMILES string of the molecule is COc1nc(-c2cccc(-c3cccc(Nc4nc(C(F)F)cc5c4c(=O)n(C)c(=O)n5C)c3Cl)c2Cl)cc2c1[C@H](N1CC[C@]3(CCNC(=O)N3)C1)CC2. The third-order valence-corrected chi connectivity index (χ3v) is 11.7. The molecule has 0 unspecified atom stereocenters. The Morgan fingerprint density at radius 3 is 2.46 bits per heavy atom. The second-order valence-corrected chi connectivity index (χ2v) is 14.8. The summed E-state index contributed by atoms with van der Waals surface area (Å²) >= 11 is 14.2. The highest BCUT2D eigenvalue weighted by atomic mass is 35.5. The van der Waals surface area contributed by atoms with Gasteiger partial charge in [-0.05, 0) is 49.4 Å². The quantitative estimate of drug-likeness (QED) is 0.171. The zero-order valence-electron chi connectivity index (χ0n) is 29.6. The van der Waals surface area contributed by atoms with Gasteiger partial charge in [0.1, 0.15) is 16.9 Å². The van der Waals surface area contributed by atoms with Crippen molar-refractivity contribution in [2.45, 2.75) is 43.7 Å². The van der Waals surface area contributed by atoms with Gasteiger partial charge in [-0.25, -0.2) is 28.3 Å². The molecule has 1 spiro atoms. The summed E-state index contributed by atoms with van der Waals surface area (Å²) in [5, 5.41) is 9.56. The van der Waals surface area contributed by atoms with Gasteiger partial charge in [0.15, 0.2) is 0 Å². The molecule has 5 heterocycles. The molecule has 2 atom stereocenters. The number of fused-ring (bicyclic) bond motifs is 2. The molecule has 3 aromatic heterocycles. The van der Waals surface area contributed by atoms with Crippen LogP contribution in [0.2, 0.25) is 10.0 Å². The maximum atomic E-state index is 14.0. The van der Waals surface area contributed by atoms with Crippen molar-refractivity contribution in [3.63, 3.8) is 0 Å². The lowest BCUT2D eigenvalue weighted by atomic mass is 9.93. The van der Waals surface area contributed by atoms with E-state index in [1.807, 2.05) is 18.2 Å². The minimum absolute atomic E-state index is 0.00198. The molecule has 2 saturated heterocycles. The van der Waals surface area contributed by atoms with Gasteiger partial charge in [0.2, 0.25) is 5.88 Å². The molecule has 2 aromatic carbocycles. The number of carbonyl (C=O) groups is 1. The molecule has 1 aliphatic carbocycles. The second kappa shape index (κ2) is 13.7. The zero-order valence-corrected chi connectivity index (χ0v) is 31.1. The maximum Gasteiger partial charge on any atom is 0.330 e. The van der Waals surface area contributed by atoms with Crippen LogP contribution in [-0.4, -0.2) is 62.3 Å². The fraction of sp³-hybridized carbons (Fsp3) is 0.342. The van der Waals surface area contributed by atoms with E-state index in [2.05, 4.69) is 31.9 Å². The molecular weight excluding hydrogens is 741 g/mol. The molecule has 0 bridgehead atoms. The van der Waals surface area contributed by atoms with Crippen LogP contribution in [0.4, 0.5) is 25.1 Å². The van der Waals surface area contributed by atoms with E-state index in [-0.39, 0.29) is 45.0 Å². The van der Waals surface area contributed by atoms with Crippen LogP contribution in [0.1, 0.15) is 48.6 Å². The fourth-order valence-electron chi connectivity index (χ4n) is 8.19. The molecule has 280 valence electrons. The smallest absolute Gasteiger partial charge is 0.330 e. The molecule has 54 heavy (non-hydrogen) atoms.